The maximum absolute atomic E-state index is 13.6. The summed E-state index contributed by atoms with van der Waals surface area (Å²) in [6.45, 7) is 0. The van der Waals surface area contributed by atoms with E-state index in [9.17, 15) is 14.9 Å². The van der Waals surface area contributed by atoms with Crippen molar-refractivity contribution in [1.82, 2.24) is 0 Å². The molecular weight excluding hydrogens is 461 g/mol. The Balaban J connectivity index is 1.64. The number of allylic oxidation sites excluding steroid dienone is 1. The smallest absolute Gasteiger partial charge is 0.288 e. The maximum atomic E-state index is 13.6. The second-order valence-corrected chi connectivity index (χ2v) is 8.97. The van der Waals surface area contributed by atoms with Gasteiger partial charge in [0, 0.05) is 28.8 Å². The fourth-order valence-electron chi connectivity index (χ4n) is 4.62. The number of nitrogens with zero attached hydrogens (tertiary/aromatic N) is 1. The van der Waals surface area contributed by atoms with Gasteiger partial charge >= 0.3 is 0 Å². The third kappa shape index (κ3) is 3.96. The van der Waals surface area contributed by atoms with Crippen LogP contribution >= 0.6 is 23.2 Å². The van der Waals surface area contributed by atoms with Gasteiger partial charge < -0.3 is 10.6 Å². The molecule has 0 saturated carbocycles. The lowest BCUT2D eigenvalue weighted by Crippen LogP contribution is -2.27. The highest BCUT2D eigenvalue weighted by atomic mass is 35.5. The van der Waals surface area contributed by atoms with E-state index in [0.717, 1.165) is 22.6 Å². The van der Waals surface area contributed by atoms with E-state index in [4.69, 9.17) is 23.2 Å². The van der Waals surface area contributed by atoms with Gasteiger partial charge in [-0.1, -0.05) is 59.6 Å². The first-order valence-corrected chi connectivity index (χ1v) is 11.2. The number of nitrogens with one attached hydrogen (secondary N) is 2. The topological polar surface area (TPSA) is 84.3 Å². The highest BCUT2D eigenvalue weighted by molar-refractivity contribution is 6.32. The molecule has 0 fully saturated rings. The molecule has 5 rings (SSSR count). The van der Waals surface area contributed by atoms with Crippen molar-refractivity contribution in [2.45, 2.75) is 24.8 Å². The fraction of sp³-hybridized carbons (Fsp3) is 0.160. The molecule has 3 aromatic rings. The molecule has 0 amide bonds. The minimum Gasteiger partial charge on any atom is -0.372 e. The van der Waals surface area contributed by atoms with Crippen molar-refractivity contribution in [3.63, 3.8) is 0 Å². The number of Topliss-reactive ketones (excluding diaryl/α,β-unsaturated/α-hetero) is 1. The molecule has 2 unspecified atom stereocenters. The molecule has 0 saturated heterocycles. The summed E-state index contributed by atoms with van der Waals surface area (Å²) in [5.74, 6) is -0.0977. The van der Waals surface area contributed by atoms with Crippen LogP contribution in [0, 0.1) is 10.1 Å². The SMILES string of the molecule is O=C1CC(c2ccccc2Cl)CC2=C1C(c1ccc(Cl)c([N+](=O)[O-])c1)Nc1ccccc1N2. The third-order valence-corrected chi connectivity index (χ3v) is 6.82. The minimum absolute atomic E-state index is 0.0309. The zero-order valence-corrected chi connectivity index (χ0v) is 18.9. The Labute approximate surface area is 200 Å². The summed E-state index contributed by atoms with van der Waals surface area (Å²) >= 11 is 12.5. The lowest BCUT2D eigenvalue weighted by molar-refractivity contribution is -0.384. The second-order valence-electron chi connectivity index (χ2n) is 8.16. The standard InChI is InChI=1S/C25H19Cl2N3O3/c26-17-6-2-1-5-16(17)15-11-21-24(23(31)13-15)25(29-20-8-4-3-7-19(20)28-21)14-9-10-18(27)22(12-14)30(32)33/h1-10,12,15,25,28-29H,11,13H2. The Bertz CT molecular complexity index is 1320. The summed E-state index contributed by atoms with van der Waals surface area (Å²) < 4.78 is 0. The average molecular weight is 480 g/mol. The molecule has 6 nitrogen and oxygen atoms in total. The normalized spacial score (nSPS) is 19.6. The molecule has 166 valence electrons. The summed E-state index contributed by atoms with van der Waals surface area (Å²) in [5, 5.41) is 19.1. The highest BCUT2D eigenvalue weighted by Gasteiger charge is 2.37. The number of halogens is 2. The Morgan fingerprint density at radius 1 is 0.909 bits per heavy atom. The van der Waals surface area contributed by atoms with Crippen molar-refractivity contribution in [2.24, 2.45) is 0 Å². The predicted octanol–water partition coefficient (Wildman–Crippen LogP) is 6.88. The number of hydrogen-bond donors (Lipinski definition) is 2. The first-order chi connectivity index (χ1) is 15.9. The molecule has 3 aromatic carbocycles. The number of fused-ring (bicyclic) bond motifs is 1. The molecule has 2 aliphatic rings. The van der Waals surface area contributed by atoms with Crippen LogP contribution in [0.15, 0.2) is 78.0 Å². The van der Waals surface area contributed by atoms with Gasteiger partial charge in [-0.2, -0.15) is 0 Å². The molecule has 0 bridgehead atoms. The molecule has 33 heavy (non-hydrogen) atoms. The molecule has 0 spiro atoms. The van der Waals surface area contributed by atoms with Gasteiger partial charge in [0.15, 0.2) is 5.78 Å². The van der Waals surface area contributed by atoms with E-state index in [-0.39, 0.29) is 22.4 Å². The van der Waals surface area contributed by atoms with E-state index in [1.165, 1.54) is 12.1 Å². The van der Waals surface area contributed by atoms with Crippen molar-refractivity contribution in [3.05, 3.63) is 109 Å². The van der Waals surface area contributed by atoms with Crippen molar-refractivity contribution in [1.29, 1.82) is 0 Å². The third-order valence-electron chi connectivity index (χ3n) is 6.15. The molecule has 8 heteroatoms. The van der Waals surface area contributed by atoms with E-state index in [0.29, 0.717) is 29.0 Å². The molecule has 1 aliphatic heterocycles. The quantitative estimate of drug-likeness (QED) is 0.315. The zero-order valence-electron chi connectivity index (χ0n) is 17.3. The molecule has 0 radical (unpaired) electrons. The number of rotatable bonds is 3. The lowest BCUT2D eigenvalue weighted by Gasteiger charge is -2.30. The van der Waals surface area contributed by atoms with Crippen molar-refractivity contribution >= 4 is 46.0 Å². The number of nitro groups is 1. The number of benzene rings is 3. The molecule has 2 N–H and O–H groups in total. The first-order valence-electron chi connectivity index (χ1n) is 10.5. The maximum Gasteiger partial charge on any atom is 0.288 e. The number of carbonyl (C=O) groups excluding carboxylic acids is 1. The molecular formula is C25H19Cl2N3O3. The van der Waals surface area contributed by atoms with Gasteiger partial charge in [0.2, 0.25) is 0 Å². The van der Waals surface area contributed by atoms with Crippen LogP contribution in [0.25, 0.3) is 0 Å². The number of carbonyl (C=O) groups is 1. The summed E-state index contributed by atoms with van der Waals surface area (Å²) in [5.41, 5.74) is 4.34. The number of hydrogen-bond acceptors (Lipinski definition) is 5. The van der Waals surface area contributed by atoms with Gasteiger partial charge in [0.1, 0.15) is 5.02 Å². The minimum atomic E-state index is -0.563. The Kier molecular flexibility index (Phi) is 5.56. The summed E-state index contributed by atoms with van der Waals surface area (Å²) in [6.07, 6.45) is 0.890. The lowest BCUT2D eigenvalue weighted by atomic mass is 9.78. The Morgan fingerprint density at radius 3 is 2.39 bits per heavy atom. The van der Waals surface area contributed by atoms with Crippen molar-refractivity contribution in [3.8, 4) is 0 Å². The fourth-order valence-corrected chi connectivity index (χ4v) is 5.09. The highest BCUT2D eigenvalue weighted by Crippen LogP contribution is 2.45. The van der Waals surface area contributed by atoms with Crippen LogP contribution in [-0.4, -0.2) is 10.7 Å². The number of nitro benzene ring substituents is 1. The number of para-hydroxylation sites is 2. The van der Waals surface area contributed by atoms with E-state index < -0.39 is 11.0 Å². The second kappa shape index (κ2) is 8.54. The number of anilines is 2. The van der Waals surface area contributed by atoms with Gasteiger partial charge in [-0.25, -0.2) is 0 Å². The summed E-state index contributed by atoms with van der Waals surface area (Å²) in [4.78, 5) is 24.5. The van der Waals surface area contributed by atoms with Crippen LogP contribution in [0.4, 0.5) is 17.1 Å². The van der Waals surface area contributed by atoms with Gasteiger partial charge in [0.05, 0.1) is 22.3 Å². The summed E-state index contributed by atoms with van der Waals surface area (Å²) in [7, 11) is 0. The number of ketones is 1. The van der Waals surface area contributed by atoms with Crippen LogP contribution in [0.2, 0.25) is 10.0 Å². The van der Waals surface area contributed by atoms with Gasteiger partial charge in [0.25, 0.3) is 5.69 Å². The van der Waals surface area contributed by atoms with Crippen LogP contribution < -0.4 is 10.6 Å². The summed E-state index contributed by atoms with van der Waals surface area (Å²) in [6, 6.07) is 19.3. The molecule has 2 atom stereocenters. The van der Waals surface area contributed by atoms with E-state index >= 15 is 0 Å². The van der Waals surface area contributed by atoms with Crippen molar-refractivity contribution < 1.29 is 9.72 Å². The zero-order chi connectivity index (χ0) is 23.1. The predicted molar refractivity (Wildman–Crippen MR) is 130 cm³/mol. The average Bonchev–Trinajstić information content (AvgIpc) is 2.96. The van der Waals surface area contributed by atoms with Crippen molar-refractivity contribution in [2.75, 3.05) is 10.6 Å². The largest absolute Gasteiger partial charge is 0.372 e. The Hall–Kier alpha value is -3.35. The molecule has 1 heterocycles. The van der Waals surface area contributed by atoms with Crippen LogP contribution in [0.1, 0.15) is 35.9 Å². The molecule has 0 aromatic heterocycles. The first kappa shape index (κ1) is 21.5. The van der Waals surface area contributed by atoms with E-state index in [1.54, 1.807) is 6.07 Å². The van der Waals surface area contributed by atoms with Gasteiger partial charge in [-0.05, 0) is 47.7 Å². The van der Waals surface area contributed by atoms with E-state index in [2.05, 4.69) is 10.6 Å². The van der Waals surface area contributed by atoms with Crippen LogP contribution in [0.5, 0.6) is 0 Å². The van der Waals surface area contributed by atoms with Crippen LogP contribution in [0.3, 0.4) is 0 Å². The van der Waals surface area contributed by atoms with Gasteiger partial charge in [-0.3, -0.25) is 14.9 Å². The van der Waals surface area contributed by atoms with Gasteiger partial charge in [-0.15, -0.1) is 0 Å². The Morgan fingerprint density at radius 2 is 1.64 bits per heavy atom. The monoisotopic (exact) mass is 479 g/mol. The van der Waals surface area contributed by atoms with Crippen LogP contribution in [-0.2, 0) is 4.79 Å². The molecule has 1 aliphatic carbocycles. The van der Waals surface area contributed by atoms with E-state index in [1.807, 2.05) is 48.5 Å².